The molecule has 2 aliphatic heterocycles. The van der Waals surface area contributed by atoms with Gasteiger partial charge in [0.15, 0.2) is 0 Å². The fourth-order valence-corrected chi connectivity index (χ4v) is 7.10. The van der Waals surface area contributed by atoms with Crippen LogP contribution in [0.15, 0.2) is 85.1 Å². The highest BCUT2D eigenvalue weighted by Crippen LogP contribution is 2.54. The molecule has 2 heteroatoms. The molecule has 0 spiro atoms. The van der Waals surface area contributed by atoms with Crippen LogP contribution in [0.1, 0.15) is 44.5 Å². The Bertz CT molecular complexity index is 1760. The first-order chi connectivity index (χ1) is 17.3. The molecule has 0 N–H and O–H groups in total. The molecule has 0 fully saturated rings. The monoisotopic (exact) mass is 446 g/mol. The van der Waals surface area contributed by atoms with Crippen LogP contribution in [0.4, 0.5) is 17.2 Å². The minimum atomic E-state index is 0.956. The van der Waals surface area contributed by atoms with E-state index in [1.165, 1.54) is 78.1 Å². The lowest BCUT2D eigenvalue weighted by Crippen LogP contribution is -2.25. The highest BCUT2D eigenvalue weighted by atomic mass is 15.2. The quantitative estimate of drug-likeness (QED) is 0.240. The van der Waals surface area contributed by atoms with Gasteiger partial charge in [-0.25, -0.2) is 4.98 Å². The average molecular weight is 447 g/mol. The Morgan fingerprint density at radius 2 is 1.31 bits per heavy atom. The van der Waals surface area contributed by atoms with Gasteiger partial charge in [-0.15, -0.1) is 0 Å². The fourth-order valence-electron chi connectivity index (χ4n) is 7.10. The fraction of sp³-hybridized carbons (Fsp3) is 0.121. The molecule has 164 valence electrons. The van der Waals surface area contributed by atoms with Gasteiger partial charge < -0.3 is 0 Å². The second kappa shape index (κ2) is 6.28. The summed E-state index contributed by atoms with van der Waals surface area (Å²) in [6, 6.07) is 29.8. The summed E-state index contributed by atoms with van der Waals surface area (Å²) in [7, 11) is 0. The molecule has 0 saturated heterocycles. The van der Waals surface area contributed by atoms with E-state index in [0.717, 1.165) is 31.5 Å². The minimum absolute atomic E-state index is 0.956. The van der Waals surface area contributed by atoms with Gasteiger partial charge in [-0.2, -0.15) is 0 Å². The van der Waals surface area contributed by atoms with Gasteiger partial charge in [0.25, 0.3) is 0 Å². The molecule has 0 radical (unpaired) electrons. The molecule has 5 aromatic rings. The Morgan fingerprint density at radius 3 is 2.29 bits per heavy atom. The Hall–Kier alpha value is -4.17. The molecule has 0 saturated carbocycles. The van der Waals surface area contributed by atoms with Gasteiger partial charge in [0, 0.05) is 19.0 Å². The molecule has 0 atom stereocenters. The summed E-state index contributed by atoms with van der Waals surface area (Å²) < 4.78 is 0. The second-order valence-corrected chi connectivity index (χ2v) is 10.4. The van der Waals surface area contributed by atoms with Gasteiger partial charge in [0.1, 0.15) is 5.82 Å². The molecule has 35 heavy (non-hydrogen) atoms. The van der Waals surface area contributed by atoms with Crippen LogP contribution in [0.25, 0.3) is 22.3 Å². The lowest BCUT2D eigenvalue weighted by molar-refractivity contribution is 0.981. The van der Waals surface area contributed by atoms with E-state index in [0.29, 0.717) is 0 Å². The molecule has 0 amide bonds. The van der Waals surface area contributed by atoms with E-state index in [4.69, 9.17) is 4.98 Å². The zero-order chi connectivity index (χ0) is 22.7. The van der Waals surface area contributed by atoms with Crippen molar-refractivity contribution in [1.29, 1.82) is 0 Å². The molecule has 4 aliphatic rings. The van der Waals surface area contributed by atoms with Crippen LogP contribution in [-0.4, -0.2) is 4.98 Å². The molecule has 2 nitrogen and oxygen atoms in total. The third-order valence-corrected chi connectivity index (χ3v) is 8.54. The van der Waals surface area contributed by atoms with E-state index in [1.807, 2.05) is 6.20 Å². The molecule has 1 aromatic heterocycles. The Morgan fingerprint density at radius 1 is 0.543 bits per heavy atom. The van der Waals surface area contributed by atoms with Crippen molar-refractivity contribution in [2.24, 2.45) is 0 Å². The standard InChI is InChI=1S/C33H22N2/c1-2-9-26-19(5-1)13-24-16-25-14-20-10-11-30-29(31(20)28(25)18-27(24)26)17-22-7-3-6-21-15-23-8-4-12-34-33(23)35(30)32(21)22/h1-12,16,18H,13-15,17H2. The highest BCUT2D eigenvalue weighted by Gasteiger charge is 2.36. The van der Waals surface area contributed by atoms with Gasteiger partial charge >= 0.3 is 0 Å². The van der Waals surface area contributed by atoms with Crippen molar-refractivity contribution in [3.63, 3.8) is 0 Å². The van der Waals surface area contributed by atoms with Crippen molar-refractivity contribution < 1.29 is 0 Å². The zero-order valence-corrected chi connectivity index (χ0v) is 19.3. The van der Waals surface area contributed by atoms with Crippen molar-refractivity contribution in [2.45, 2.75) is 25.7 Å². The summed E-state index contributed by atoms with van der Waals surface area (Å²) in [5, 5.41) is 0. The molecule has 9 rings (SSSR count). The van der Waals surface area contributed by atoms with E-state index >= 15 is 0 Å². The number of para-hydroxylation sites is 1. The number of hydrogen-bond acceptors (Lipinski definition) is 2. The first-order valence-corrected chi connectivity index (χ1v) is 12.6. The van der Waals surface area contributed by atoms with Crippen molar-refractivity contribution in [3.8, 4) is 22.3 Å². The molecule has 0 unspecified atom stereocenters. The van der Waals surface area contributed by atoms with Crippen molar-refractivity contribution in [1.82, 2.24) is 4.98 Å². The highest BCUT2D eigenvalue weighted by molar-refractivity contribution is 5.95. The van der Waals surface area contributed by atoms with E-state index in [-0.39, 0.29) is 0 Å². The molecule has 3 heterocycles. The van der Waals surface area contributed by atoms with Gasteiger partial charge in [0.05, 0.1) is 11.4 Å². The van der Waals surface area contributed by atoms with Crippen LogP contribution in [0.3, 0.4) is 0 Å². The Kier molecular flexibility index (Phi) is 3.27. The van der Waals surface area contributed by atoms with Crippen LogP contribution in [0, 0.1) is 0 Å². The summed E-state index contributed by atoms with van der Waals surface area (Å²) in [4.78, 5) is 7.33. The van der Waals surface area contributed by atoms with E-state index in [1.54, 1.807) is 0 Å². The average Bonchev–Trinajstić information content (AvgIpc) is 3.44. The summed E-state index contributed by atoms with van der Waals surface area (Å²) >= 11 is 0. The van der Waals surface area contributed by atoms with Crippen LogP contribution in [-0.2, 0) is 25.7 Å². The zero-order valence-electron chi connectivity index (χ0n) is 19.3. The van der Waals surface area contributed by atoms with Crippen molar-refractivity contribution in [2.75, 3.05) is 4.90 Å². The predicted molar refractivity (Wildman–Crippen MR) is 141 cm³/mol. The summed E-state index contributed by atoms with van der Waals surface area (Å²) in [5.74, 6) is 1.09. The maximum atomic E-state index is 4.88. The third kappa shape index (κ3) is 2.27. The second-order valence-electron chi connectivity index (χ2n) is 10.4. The number of hydrogen-bond donors (Lipinski definition) is 0. The summed E-state index contributed by atoms with van der Waals surface area (Å²) in [6.45, 7) is 0. The number of nitrogens with zero attached hydrogens (tertiary/aromatic N) is 2. The van der Waals surface area contributed by atoms with Gasteiger partial charge in [-0.1, -0.05) is 60.7 Å². The molecular formula is C33H22N2. The lowest BCUT2D eigenvalue weighted by atomic mass is 9.84. The first-order valence-electron chi connectivity index (χ1n) is 12.6. The van der Waals surface area contributed by atoms with Crippen LogP contribution in [0.2, 0.25) is 0 Å². The molecule has 0 bridgehead atoms. The lowest BCUT2D eigenvalue weighted by Gasteiger charge is -2.39. The number of anilines is 3. The SMILES string of the molecule is c1ccc2c(c1)Cc1cc3c(cc1-2)-c1c(ccc2c1Cc1cccc4c1N2c1ncccc1C4)C3. The third-order valence-electron chi connectivity index (χ3n) is 8.54. The number of pyridine rings is 1. The Labute approximate surface area is 204 Å². The number of rotatable bonds is 0. The number of fused-ring (bicyclic) bond motifs is 11. The number of benzene rings is 4. The largest absolute Gasteiger partial charge is 0.294 e. The van der Waals surface area contributed by atoms with Gasteiger partial charge in [-0.05, 0) is 97.8 Å². The molecular weight excluding hydrogens is 424 g/mol. The van der Waals surface area contributed by atoms with Gasteiger partial charge in [0.2, 0.25) is 0 Å². The van der Waals surface area contributed by atoms with Crippen molar-refractivity contribution >= 4 is 17.2 Å². The van der Waals surface area contributed by atoms with Crippen LogP contribution >= 0.6 is 0 Å². The first kappa shape index (κ1) is 18.2. The molecule has 4 aromatic carbocycles. The minimum Gasteiger partial charge on any atom is -0.294 e. The summed E-state index contributed by atoms with van der Waals surface area (Å²) in [5.41, 5.74) is 19.9. The smallest absolute Gasteiger partial charge is 0.141 e. The topological polar surface area (TPSA) is 16.1 Å². The number of aromatic nitrogens is 1. The van der Waals surface area contributed by atoms with Gasteiger partial charge in [-0.3, -0.25) is 4.90 Å². The van der Waals surface area contributed by atoms with E-state index in [9.17, 15) is 0 Å². The summed E-state index contributed by atoms with van der Waals surface area (Å²) in [6.07, 6.45) is 5.96. The van der Waals surface area contributed by atoms with Crippen LogP contribution in [0.5, 0.6) is 0 Å². The van der Waals surface area contributed by atoms with E-state index in [2.05, 4.69) is 83.8 Å². The molecule has 2 aliphatic carbocycles. The normalized spacial score (nSPS) is 14.9. The van der Waals surface area contributed by atoms with Crippen LogP contribution < -0.4 is 4.90 Å². The van der Waals surface area contributed by atoms with Crippen molar-refractivity contribution in [3.05, 3.63) is 130 Å². The predicted octanol–water partition coefficient (Wildman–Crippen LogP) is 7.50. The maximum absolute atomic E-state index is 4.88. The van der Waals surface area contributed by atoms with E-state index < -0.39 is 0 Å². The maximum Gasteiger partial charge on any atom is 0.141 e. The Balaban J connectivity index is 1.30.